The topological polar surface area (TPSA) is 87.0 Å². The van der Waals surface area contributed by atoms with Gasteiger partial charge in [0.15, 0.2) is 5.78 Å². The van der Waals surface area contributed by atoms with Crippen LogP contribution < -0.4 is 5.32 Å². The highest BCUT2D eigenvalue weighted by Gasteiger charge is 2.72. The van der Waals surface area contributed by atoms with Crippen molar-refractivity contribution in [2.45, 2.75) is 113 Å². The molecule has 214 valence electrons. The van der Waals surface area contributed by atoms with E-state index < -0.39 is 5.41 Å². The highest BCUT2D eigenvalue weighted by atomic mass is 16.2. The lowest BCUT2D eigenvalue weighted by Crippen LogP contribution is -2.69. The second-order valence-corrected chi connectivity index (χ2v) is 15.6. The Hall–Kier alpha value is -1.96. The van der Waals surface area contributed by atoms with E-state index in [4.69, 9.17) is 0 Å². The van der Waals surface area contributed by atoms with Crippen molar-refractivity contribution in [3.8, 4) is 6.07 Å². The van der Waals surface area contributed by atoms with E-state index in [1.54, 1.807) is 0 Å². The van der Waals surface area contributed by atoms with Crippen LogP contribution >= 0.6 is 0 Å². The van der Waals surface area contributed by atoms with Crippen LogP contribution in [0, 0.1) is 68.0 Å². The predicted octanol–water partition coefficient (Wildman–Crippen LogP) is 6.81. The summed E-state index contributed by atoms with van der Waals surface area (Å²) in [4.78, 5) is 41.5. The fraction of sp³-hybridized carbons (Fsp3) is 0.824. The van der Waals surface area contributed by atoms with E-state index in [0.717, 1.165) is 57.8 Å². The van der Waals surface area contributed by atoms with Gasteiger partial charge in [-0.1, -0.05) is 61.0 Å². The number of allylic oxidation sites excluding steroid dienone is 2. The van der Waals surface area contributed by atoms with Crippen LogP contribution in [0.3, 0.4) is 0 Å². The number of fused-ring (bicyclic) bond motifs is 7. The Morgan fingerprint density at radius 3 is 2.38 bits per heavy atom. The van der Waals surface area contributed by atoms with E-state index in [1.807, 2.05) is 13.0 Å². The summed E-state index contributed by atoms with van der Waals surface area (Å²) in [5.41, 5.74) is -0.718. The average molecular weight is 535 g/mol. The van der Waals surface area contributed by atoms with Crippen molar-refractivity contribution in [1.29, 1.82) is 5.26 Å². The number of carbonyl (C=O) groups excluding carboxylic acids is 3. The van der Waals surface area contributed by atoms with Crippen LogP contribution in [0.25, 0.3) is 0 Å². The Morgan fingerprint density at radius 2 is 1.72 bits per heavy atom. The number of hydrogen-bond donors (Lipinski definition) is 1. The number of Topliss-reactive ketones (excluding diaryl/α,β-unsaturated/α-hetero) is 2. The van der Waals surface area contributed by atoms with Crippen LogP contribution in [0.4, 0.5) is 0 Å². The fourth-order valence-electron chi connectivity index (χ4n) is 10.9. The molecule has 1 N–H and O–H groups in total. The van der Waals surface area contributed by atoms with Crippen LogP contribution in [0.5, 0.6) is 0 Å². The van der Waals surface area contributed by atoms with Crippen molar-refractivity contribution in [2.24, 2.45) is 56.7 Å². The van der Waals surface area contributed by atoms with Gasteiger partial charge in [0.1, 0.15) is 11.9 Å². The molecule has 0 aromatic carbocycles. The maximum absolute atomic E-state index is 14.6. The summed E-state index contributed by atoms with van der Waals surface area (Å²) in [5.74, 6) is 0.496. The standard InChI is InChI=1S/C34H50N2O3/c1-8-9-16-36-29(39)34-14-12-30(3,4)19-24(34)27-25(37)17-26-31(5)18-22(20-35)28(38)21(2)23(31)10-11-32(26,6)33(27,7)13-15-34/h18,21,23-24,26-27H,8-17,19H2,1-7H3,(H,36,39)/t21-,23-,24?,26?,27?,31-,32+,33+,34-/m0/s1. The zero-order valence-electron chi connectivity index (χ0n) is 25.4. The molecule has 39 heavy (non-hydrogen) atoms. The van der Waals surface area contributed by atoms with E-state index >= 15 is 0 Å². The van der Waals surface area contributed by atoms with E-state index in [0.29, 0.717) is 18.7 Å². The summed E-state index contributed by atoms with van der Waals surface area (Å²) in [6.07, 6.45) is 11.0. The third-order valence-electron chi connectivity index (χ3n) is 13.4. The molecule has 0 saturated heterocycles. The second-order valence-electron chi connectivity index (χ2n) is 15.6. The predicted molar refractivity (Wildman–Crippen MR) is 152 cm³/mol. The van der Waals surface area contributed by atoms with Gasteiger partial charge >= 0.3 is 0 Å². The highest BCUT2D eigenvalue weighted by molar-refractivity contribution is 6.02. The Bertz CT molecular complexity index is 1150. The normalized spacial score (nSPS) is 46.5. The van der Waals surface area contributed by atoms with Crippen LogP contribution in [0.1, 0.15) is 113 Å². The summed E-state index contributed by atoms with van der Waals surface area (Å²) in [6, 6.07) is 2.19. The Morgan fingerprint density at radius 1 is 1.03 bits per heavy atom. The number of nitriles is 1. The van der Waals surface area contributed by atoms with Crippen molar-refractivity contribution in [1.82, 2.24) is 5.32 Å². The minimum absolute atomic E-state index is 0.0317. The molecule has 0 aromatic rings. The molecular formula is C34H50N2O3. The first kappa shape index (κ1) is 28.6. The minimum atomic E-state index is -0.451. The van der Waals surface area contributed by atoms with E-state index in [1.165, 1.54) is 0 Å². The van der Waals surface area contributed by atoms with Crippen molar-refractivity contribution in [3.63, 3.8) is 0 Å². The minimum Gasteiger partial charge on any atom is -0.356 e. The monoisotopic (exact) mass is 534 g/mol. The molecule has 5 heteroatoms. The van der Waals surface area contributed by atoms with Gasteiger partial charge in [0.05, 0.1) is 11.0 Å². The largest absolute Gasteiger partial charge is 0.356 e. The Balaban J connectivity index is 1.58. The number of nitrogens with zero attached hydrogens (tertiary/aromatic N) is 1. The third kappa shape index (κ3) is 3.86. The molecule has 5 nitrogen and oxygen atoms in total. The molecule has 5 aliphatic rings. The molecular weight excluding hydrogens is 484 g/mol. The lowest BCUT2D eigenvalue weighted by atomic mass is 9.32. The van der Waals surface area contributed by atoms with Crippen molar-refractivity contribution in [3.05, 3.63) is 11.6 Å². The summed E-state index contributed by atoms with van der Waals surface area (Å²) in [5, 5.41) is 13.1. The molecule has 9 atom stereocenters. The molecule has 1 amide bonds. The molecule has 4 fully saturated rings. The van der Waals surface area contributed by atoms with Gasteiger partial charge in [-0.15, -0.1) is 0 Å². The zero-order chi connectivity index (χ0) is 28.6. The first-order chi connectivity index (χ1) is 18.2. The number of amides is 1. The van der Waals surface area contributed by atoms with E-state index in [2.05, 4.69) is 52.9 Å². The number of unbranched alkanes of at least 4 members (excludes halogenated alkanes) is 1. The maximum Gasteiger partial charge on any atom is 0.226 e. The molecule has 0 heterocycles. The van der Waals surface area contributed by atoms with Gasteiger partial charge in [-0.05, 0) is 90.8 Å². The third-order valence-corrected chi connectivity index (χ3v) is 13.4. The van der Waals surface area contributed by atoms with Gasteiger partial charge < -0.3 is 5.32 Å². The van der Waals surface area contributed by atoms with Crippen molar-refractivity contribution >= 4 is 17.5 Å². The van der Waals surface area contributed by atoms with Gasteiger partial charge in [0.2, 0.25) is 5.91 Å². The van der Waals surface area contributed by atoms with Crippen LogP contribution in [-0.4, -0.2) is 24.0 Å². The van der Waals surface area contributed by atoms with Crippen LogP contribution in [0.15, 0.2) is 11.6 Å². The molecule has 0 aliphatic heterocycles. The summed E-state index contributed by atoms with van der Waals surface area (Å²) >= 11 is 0. The quantitative estimate of drug-likeness (QED) is 0.401. The summed E-state index contributed by atoms with van der Waals surface area (Å²) in [7, 11) is 0. The molecule has 0 bridgehead atoms. The SMILES string of the molecule is CCCCNC(=O)[C@]12CCC(C)(C)CC1C1C(=O)CC3[C@@]4(C)C=C(C#N)C(=O)[C@@H](C)[C@@H]4CC[C@@]3(C)[C@]1(C)CC2. The van der Waals surface area contributed by atoms with Crippen LogP contribution in [0.2, 0.25) is 0 Å². The number of carbonyl (C=O) groups is 3. The molecule has 3 unspecified atom stereocenters. The zero-order valence-corrected chi connectivity index (χ0v) is 25.4. The van der Waals surface area contributed by atoms with Gasteiger partial charge in [-0.25, -0.2) is 0 Å². The van der Waals surface area contributed by atoms with Gasteiger partial charge in [-0.3, -0.25) is 14.4 Å². The van der Waals surface area contributed by atoms with Gasteiger partial charge in [0.25, 0.3) is 0 Å². The number of ketones is 2. The van der Waals surface area contributed by atoms with E-state index in [-0.39, 0.29) is 68.5 Å². The molecule has 0 radical (unpaired) electrons. The van der Waals surface area contributed by atoms with Gasteiger partial charge in [0, 0.05) is 24.8 Å². The Kier molecular flexibility index (Phi) is 6.80. The lowest BCUT2D eigenvalue weighted by molar-refractivity contribution is -0.218. The Labute approximate surface area is 235 Å². The highest BCUT2D eigenvalue weighted by Crippen LogP contribution is 2.75. The fourth-order valence-corrected chi connectivity index (χ4v) is 10.9. The molecule has 0 spiro atoms. The summed E-state index contributed by atoms with van der Waals surface area (Å²) < 4.78 is 0. The maximum atomic E-state index is 14.6. The molecule has 0 aromatic heterocycles. The smallest absolute Gasteiger partial charge is 0.226 e. The molecule has 5 rings (SSSR count). The first-order valence-corrected chi connectivity index (χ1v) is 15.7. The van der Waals surface area contributed by atoms with E-state index in [9.17, 15) is 19.6 Å². The van der Waals surface area contributed by atoms with Crippen molar-refractivity contribution in [2.75, 3.05) is 6.54 Å². The summed E-state index contributed by atoms with van der Waals surface area (Å²) in [6.45, 7) is 16.5. The lowest BCUT2D eigenvalue weighted by Gasteiger charge is -2.71. The van der Waals surface area contributed by atoms with Crippen LogP contribution in [-0.2, 0) is 14.4 Å². The first-order valence-electron chi connectivity index (χ1n) is 15.7. The number of rotatable bonds is 4. The molecule has 4 saturated carbocycles. The molecule has 5 aliphatic carbocycles. The number of hydrogen-bond acceptors (Lipinski definition) is 4. The second kappa shape index (κ2) is 9.28. The van der Waals surface area contributed by atoms with Crippen molar-refractivity contribution < 1.29 is 14.4 Å². The van der Waals surface area contributed by atoms with Gasteiger partial charge in [-0.2, -0.15) is 5.26 Å². The average Bonchev–Trinajstić information content (AvgIpc) is 2.87. The number of nitrogens with one attached hydrogen (secondary N) is 1.